The van der Waals surface area contributed by atoms with Crippen molar-refractivity contribution in [2.24, 2.45) is 0 Å². The Labute approximate surface area is 230 Å². The van der Waals surface area contributed by atoms with Crippen LogP contribution in [0.5, 0.6) is 0 Å². The summed E-state index contributed by atoms with van der Waals surface area (Å²) in [7, 11) is 0. The number of benzene rings is 6. The van der Waals surface area contributed by atoms with Crippen LogP contribution in [-0.2, 0) is 0 Å². The van der Waals surface area contributed by atoms with Crippen LogP contribution in [0.3, 0.4) is 0 Å². The lowest BCUT2D eigenvalue weighted by molar-refractivity contribution is 0.669. The van der Waals surface area contributed by atoms with Crippen molar-refractivity contribution in [3.8, 4) is 34.0 Å². The van der Waals surface area contributed by atoms with E-state index in [0.29, 0.717) is 5.56 Å². The third kappa shape index (κ3) is 3.30. The highest BCUT2D eigenvalue weighted by Crippen LogP contribution is 2.39. The average Bonchev–Trinajstić information content (AvgIpc) is 3.56. The fourth-order valence-corrected chi connectivity index (χ4v) is 6.07. The molecule has 2 aromatic heterocycles. The van der Waals surface area contributed by atoms with E-state index in [4.69, 9.17) is 4.42 Å². The molecule has 0 radical (unpaired) electrons. The minimum absolute atomic E-state index is 0.646. The molecule has 40 heavy (non-hydrogen) atoms. The second-order valence-corrected chi connectivity index (χ2v) is 10.1. The zero-order valence-electron chi connectivity index (χ0n) is 21.5. The highest BCUT2D eigenvalue weighted by Gasteiger charge is 2.18. The molecule has 0 saturated heterocycles. The van der Waals surface area contributed by atoms with Gasteiger partial charge in [-0.15, -0.1) is 0 Å². The molecule has 0 saturated carbocycles. The number of nitriles is 1. The van der Waals surface area contributed by atoms with E-state index in [0.717, 1.165) is 60.9 Å². The molecular weight excluding hydrogens is 488 g/mol. The van der Waals surface area contributed by atoms with Crippen LogP contribution in [0.4, 0.5) is 0 Å². The lowest BCUT2D eigenvalue weighted by Crippen LogP contribution is -1.99. The molecule has 8 rings (SSSR count). The van der Waals surface area contributed by atoms with Crippen molar-refractivity contribution in [3.05, 3.63) is 139 Å². The molecule has 3 heteroatoms. The van der Waals surface area contributed by atoms with Crippen LogP contribution in [0.2, 0.25) is 0 Å². The number of nitrogens with zero attached hydrogens (tertiary/aromatic N) is 2. The number of hydrogen-bond acceptors (Lipinski definition) is 2. The number of hydrogen-bond donors (Lipinski definition) is 0. The standard InChI is InChI=1S/C37H22N2O/c38-23-27-11-8-17-34(39-32-15-4-1-12-28(32)29-13-2-5-16-33(29)39)37(27)26-10-7-9-24(21-26)25-19-20-36-31(22-25)30-14-3-6-18-35(30)40-36/h1-22H. The number of rotatable bonds is 3. The minimum atomic E-state index is 0.646. The second kappa shape index (κ2) is 8.73. The highest BCUT2D eigenvalue weighted by molar-refractivity contribution is 6.10. The Morgan fingerprint density at radius 3 is 1.90 bits per heavy atom. The van der Waals surface area contributed by atoms with E-state index in [-0.39, 0.29) is 0 Å². The first kappa shape index (κ1) is 22.4. The van der Waals surface area contributed by atoms with E-state index in [1.54, 1.807) is 0 Å². The van der Waals surface area contributed by atoms with Gasteiger partial charge in [-0.25, -0.2) is 0 Å². The van der Waals surface area contributed by atoms with Gasteiger partial charge in [0.05, 0.1) is 28.4 Å². The zero-order chi connectivity index (χ0) is 26.6. The summed E-state index contributed by atoms with van der Waals surface area (Å²) in [5.41, 5.74) is 9.77. The topological polar surface area (TPSA) is 41.9 Å². The van der Waals surface area contributed by atoms with Gasteiger partial charge in [-0.05, 0) is 65.2 Å². The van der Waals surface area contributed by atoms with E-state index < -0.39 is 0 Å². The molecule has 0 spiro atoms. The van der Waals surface area contributed by atoms with Crippen molar-refractivity contribution in [2.45, 2.75) is 0 Å². The largest absolute Gasteiger partial charge is 0.456 e. The second-order valence-electron chi connectivity index (χ2n) is 10.1. The van der Waals surface area contributed by atoms with Crippen LogP contribution in [-0.4, -0.2) is 4.57 Å². The fraction of sp³-hybridized carbons (Fsp3) is 0. The molecule has 0 aliphatic rings. The van der Waals surface area contributed by atoms with Gasteiger partial charge < -0.3 is 8.98 Å². The molecule has 0 amide bonds. The van der Waals surface area contributed by atoms with Gasteiger partial charge in [0.2, 0.25) is 0 Å². The first-order chi connectivity index (χ1) is 19.8. The summed E-state index contributed by atoms with van der Waals surface area (Å²) in [6.45, 7) is 0. The van der Waals surface area contributed by atoms with Crippen molar-refractivity contribution in [2.75, 3.05) is 0 Å². The Balaban J connectivity index is 1.36. The molecule has 0 fully saturated rings. The molecule has 3 nitrogen and oxygen atoms in total. The lowest BCUT2D eigenvalue weighted by atomic mass is 9.94. The molecule has 0 bridgehead atoms. The van der Waals surface area contributed by atoms with Crippen molar-refractivity contribution < 1.29 is 4.42 Å². The lowest BCUT2D eigenvalue weighted by Gasteiger charge is -2.16. The van der Waals surface area contributed by atoms with Gasteiger partial charge in [-0.1, -0.05) is 84.9 Å². The quantitative estimate of drug-likeness (QED) is 0.237. The van der Waals surface area contributed by atoms with E-state index in [1.165, 1.54) is 10.8 Å². The summed E-state index contributed by atoms with van der Waals surface area (Å²) >= 11 is 0. The number of aromatic nitrogens is 1. The molecular formula is C37H22N2O. The summed E-state index contributed by atoms with van der Waals surface area (Å²) in [4.78, 5) is 0. The third-order valence-corrected chi connectivity index (χ3v) is 7.85. The van der Waals surface area contributed by atoms with E-state index in [9.17, 15) is 5.26 Å². The van der Waals surface area contributed by atoms with Crippen LogP contribution < -0.4 is 0 Å². The Bertz CT molecular complexity index is 2240. The van der Waals surface area contributed by atoms with Gasteiger partial charge in [0.25, 0.3) is 0 Å². The number of furan rings is 1. The van der Waals surface area contributed by atoms with Crippen LogP contribution in [0.15, 0.2) is 138 Å². The van der Waals surface area contributed by atoms with Gasteiger partial charge in [-0.2, -0.15) is 5.26 Å². The van der Waals surface area contributed by atoms with Crippen molar-refractivity contribution in [1.82, 2.24) is 4.57 Å². The van der Waals surface area contributed by atoms with E-state index in [2.05, 4.69) is 108 Å². The molecule has 186 valence electrons. The van der Waals surface area contributed by atoms with Gasteiger partial charge in [0, 0.05) is 27.1 Å². The van der Waals surface area contributed by atoms with E-state index in [1.807, 2.05) is 36.4 Å². The summed E-state index contributed by atoms with van der Waals surface area (Å²) in [6, 6.07) is 48.4. The first-order valence-electron chi connectivity index (χ1n) is 13.3. The smallest absolute Gasteiger partial charge is 0.135 e. The summed E-state index contributed by atoms with van der Waals surface area (Å²) in [6.07, 6.45) is 0. The maximum atomic E-state index is 10.2. The normalized spacial score (nSPS) is 11.5. The molecule has 0 aliphatic carbocycles. The molecule has 0 atom stereocenters. The third-order valence-electron chi connectivity index (χ3n) is 7.85. The SMILES string of the molecule is N#Cc1cccc(-n2c3ccccc3c3ccccc32)c1-c1cccc(-c2ccc3oc4ccccc4c3c2)c1. The Kier molecular flexibility index (Phi) is 4.89. The van der Waals surface area contributed by atoms with Gasteiger partial charge in [0.15, 0.2) is 0 Å². The minimum Gasteiger partial charge on any atom is -0.456 e. The maximum absolute atomic E-state index is 10.2. The summed E-state index contributed by atoms with van der Waals surface area (Å²) < 4.78 is 8.34. The van der Waals surface area contributed by atoms with Gasteiger partial charge >= 0.3 is 0 Å². The predicted molar refractivity (Wildman–Crippen MR) is 164 cm³/mol. The van der Waals surface area contributed by atoms with E-state index >= 15 is 0 Å². The highest BCUT2D eigenvalue weighted by atomic mass is 16.3. The molecule has 8 aromatic rings. The molecule has 0 N–H and O–H groups in total. The maximum Gasteiger partial charge on any atom is 0.135 e. The first-order valence-corrected chi connectivity index (χ1v) is 13.3. The molecule has 0 aliphatic heterocycles. The van der Waals surface area contributed by atoms with Crippen molar-refractivity contribution in [3.63, 3.8) is 0 Å². The zero-order valence-corrected chi connectivity index (χ0v) is 21.5. The Hall–Kier alpha value is -5.59. The van der Waals surface area contributed by atoms with Crippen LogP contribution in [0.1, 0.15) is 5.56 Å². The Morgan fingerprint density at radius 1 is 0.500 bits per heavy atom. The number of fused-ring (bicyclic) bond motifs is 6. The van der Waals surface area contributed by atoms with Crippen molar-refractivity contribution in [1.29, 1.82) is 5.26 Å². The number of para-hydroxylation sites is 3. The average molecular weight is 511 g/mol. The van der Waals surface area contributed by atoms with Crippen LogP contribution in [0, 0.1) is 11.3 Å². The predicted octanol–water partition coefficient (Wildman–Crippen LogP) is 9.89. The van der Waals surface area contributed by atoms with Gasteiger partial charge in [0.1, 0.15) is 11.2 Å². The van der Waals surface area contributed by atoms with Crippen molar-refractivity contribution >= 4 is 43.7 Å². The fourth-order valence-electron chi connectivity index (χ4n) is 6.07. The van der Waals surface area contributed by atoms with Crippen LogP contribution >= 0.6 is 0 Å². The van der Waals surface area contributed by atoms with Crippen LogP contribution in [0.25, 0.3) is 71.7 Å². The summed E-state index contributed by atoms with van der Waals surface area (Å²) in [5, 5.41) is 14.8. The Morgan fingerprint density at radius 2 is 1.12 bits per heavy atom. The molecule has 2 heterocycles. The molecule has 0 unspecified atom stereocenters. The summed E-state index contributed by atoms with van der Waals surface area (Å²) in [5.74, 6) is 0. The van der Waals surface area contributed by atoms with Gasteiger partial charge in [-0.3, -0.25) is 0 Å². The monoisotopic (exact) mass is 510 g/mol. The molecule has 6 aromatic carbocycles.